The van der Waals surface area contributed by atoms with E-state index in [1.165, 1.54) is 7.11 Å². The molecule has 2 heterocycles. The summed E-state index contributed by atoms with van der Waals surface area (Å²) in [5.41, 5.74) is 3.56. The van der Waals surface area contributed by atoms with Crippen molar-refractivity contribution in [2.45, 2.75) is 6.54 Å². The second kappa shape index (κ2) is 10.2. The summed E-state index contributed by atoms with van der Waals surface area (Å²) in [6.07, 6.45) is 1.56. The third-order valence-electron chi connectivity index (χ3n) is 5.60. The van der Waals surface area contributed by atoms with Gasteiger partial charge in [0.25, 0.3) is 5.91 Å². The second-order valence-electron chi connectivity index (χ2n) is 7.93. The minimum Gasteiger partial charge on any atom is -0.465 e. The molecular formula is C28H22N2O6. The number of pyridine rings is 1. The van der Waals surface area contributed by atoms with E-state index in [2.05, 4.69) is 10.3 Å². The number of ether oxygens (including phenoxy) is 4. The fourth-order valence-electron chi connectivity index (χ4n) is 3.73. The van der Waals surface area contributed by atoms with Gasteiger partial charge >= 0.3 is 5.97 Å². The van der Waals surface area contributed by atoms with Crippen molar-refractivity contribution in [3.05, 3.63) is 102 Å². The van der Waals surface area contributed by atoms with E-state index in [0.29, 0.717) is 34.9 Å². The van der Waals surface area contributed by atoms with Gasteiger partial charge in [0.05, 0.1) is 12.7 Å². The summed E-state index contributed by atoms with van der Waals surface area (Å²) in [7, 11) is 1.36. The number of carbonyl (C=O) groups is 2. The number of fused-ring (bicyclic) bond motifs is 1. The molecule has 0 bridgehead atoms. The van der Waals surface area contributed by atoms with E-state index in [9.17, 15) is 9.59 Å². The lowest BCUT2D eigenvalue weighted by Crippen LogP contribution is -2.23. The molecule has 0 spiro atoms. The number of nitrogens with zero attached hydrogens (tertiary/aromatic N) is 1. The number of rotatable bonds is 7. The number of nitrogens with one attached hydrogen (secondary N) is 1. The standard InChI is InChI=1S/C28H22N2O6/c1-33-28(32)21-5-2-4-20(14-21)19-9-7-18(8-10-19)16-30-26(31)23-6-3-13-29-27(23)36-22-11-12-24-25(15-22)35-17-34-24/h2-15H,16-17H2,1H3,(H,30,31). The molecule has 0 unspecified atom stereocenters. The van der Waals surface area contributed by atoms with Gasteiger partial charge in [-0.25, -0.2) is 9.78 Å². The van der Waals surface area contributed by atoms with Crippen LogP contribution in [-0.4, -0.2) is 30.8 Å². The molecule has 8 heteroatoms. The van der Waals surface area contributed by atoms with Gasteiger partial charge in [0, 0.05) is 18.8 Å². The maximum atomic E-state index is 12.9. The fourth-order valence-corrected chi connectivity index (χ4v) is 3.73. The van der Waals surface area contributed by atoms with Crippen molar-refractivity contribution < 1.29 is 28.5 Å². The van der Waals surface area contributed by atoms with Crippen LogP contribution < -0.4 is 19.5 Å². The van der Waals surface area contributed by atoms with E-state index in [0.717, 1.165) is 16.7 Å². The molecule has 1 aliphatic rings. The fraction of sp³-hybridized carbons (Fsp3) is 0.107. The van der Waals surface area contributed by atoms with Gasteiger partial charge in [-0.2, -0.15) is 0 Å². The predicted molar refractivity (Wildman–Crippen MR) is 131 cm³/mol. The molecule has 4 aromatic rings. The van der Waals surface area contributed by atoms with Gasteiger partial charge in [-0.3, -0.25) is 4.79 Å². The Balaban J connectivity index is 1.25. The minimum atomic E-state index is -0.381. The van der Waals surface area contributed by atoms with Crippen LogP contribution in [0.15, 0.2) is 85.1 Å². The summed E-state index contributed by atoms with van der Waals surface area (Å²) in [5, 5.41) is 2.91. The molecule has 180 valence electrons. The summed E-state index contributed by atoms with van der Waals surface area (Å²) in [6, 6.07) is 23.5. The van der Waals surface area contributed by atoms with Crippen LogP contribution in [0.3, 0.4) is 0 Å². The molecule has 0 aliphatic carbocycles. The lowest BCUT2D eigenvalue weighted by molar-refractivity contribution is 0.0600. The molecule has 5 rings (SSSR count). The highest BCUT2D eigenvalue weighted by molar-refractivity contribution is 5.96. The van der Waals surface area contributed by atoms with E-state index in [4.69, 9.17) is 18.9 Å². The first-order valence-electron chi connectivity index (χ1n) is 11.2. The summed E-state index contributed by atoms with van der Waals surface area (Å²) in [6.45, 7) is 0.483. The Bertz CT molecular complexity index is 1420. The van der Waals surface area contributed by atoms with Crippen LogP contribution in [0.5, 0.6) is 23.1 Å². The smallest absolute Gasteiger partial charge is 0.337 e. The topological polar surface area (TPSA) is 96.0 Å². The Morgan fingerprint density at radius 1 is 0.917 bits per heavy atom. The van der Waals surface area contributed by atoms with Crippen molar-refractivity contribution >= 4 is 11.9 Å². The monoisotopic (exact) mass is 482 g/mol. The van der Waals surface area contributed by atoms with Crippen LogP contribution in [0.1, 0.15) is 26.3 Å². The summed E-state index contributed by atoms with van der Waals surface area (Å²) < 4.78 is 21.4. The van der Waals surface area contributed by atoms with Crippen LogP contribution in [0.25, 0.3) is 11.1 Å². The predicted octanol–water partition coefficient (Wildman–Crippen LogP) is 4.99. The Morgan fingerprint density at radius 3 is 2.58 bits per heavy atom. The molecule has 0 saturated heterocycles. The zero-order valence-electron chi connectivity index (χ0n) is 19.4. The van der Waals surface area contributed by atoms with E-state index in [1.54, 1.807) is 48.7 Å². The largest absolute Gasteiger partial charge is 0.465 e. The van der Waals surface area contributed by atoms with Crippen LogP contribution in [0.4, 0.5) is 0 Å². The Labute approximate surface area is 207 Å². The number of carbonyl (C=O) groups excluding carboxylic acids is 2. The Morgan fingerprint density at radius 2 is 1.75 bits per heavy atom. The molecule has 0 saturated carbocycles. The second-order valence-corrected chi connectivity index (χ2v) is 7.93. The number of methoxy groups -OCH3 is 1. The average molecular weight is 482 g/mol. The van der Waals surface area contributed by atoms with E-state index in [1.807, 2.05) is 36.4 Å². The zero-order valence-corrected chi connectivity index (χ0v) is 19.4. The van der Waals surface area contributed by atoms with Crippen molar-refractivity contribution in [3.63, 3.8) is 0 Å². The number of amides is 1. The summed E-state index contributed by atoms with van der Waals surface area (Å²) >= 11 is 0. The highest BCUT2D eigenvalue weighted by Gasteiger charge is 2.17. The molecule has 36 heavy (non-hydrogen) atoms. The van der Waals surface area contributed by atoms with Crippen molar-refractivity contribution in [2.75, 3.05) is 13.9 Å². The van der Waals surface area contributed by atoms with Crippen LogP contribution in [0, 0.1) is 0 Å². The first kappa shape index (κ1) is 22.9. The quantitative estimate of drug-likeness (QED) is 0.371. The van der Waals surface area contributed by atoms with Gasteiger partial charge < -0.3 is 24.3 Å². The highest BCUT2D eigenvalue weighted by atomic mass is 16.7. The highest BCUT2D eigenvalue weighted by Crippen LogP contribution is 2.36. The van der Waals surface area contributed by atoms with E-state index >= 15 is 0 Å². The molecular weight excluding hydrogens is 460 g/mol. The normalized spacial score (nSPS) is 11.6. The Hall–Kier alpha value is -4.85. The van der Waals surface area contributed by atoms with Gasteiger partial charge in [-0.15, -0.1) is 0 Å². The molecule has 1 amide bonds. The Kier molecular flexibility index (Phi) is 6.48. The minimum absolute atomic E-state index is 0.164. The number of aromatic nitrogens is 1. The van der Waals surface area contributed by atoms with Gasteiger partial charge in [0.2, 0.25) is 12.7 Å². The van der Waals surface area contributed by atoms with Crippen LogP contribution in [-0.2, 0) is 11.3 Å². The van der Waals surface area contributed by atoms with E-state index in [-0.39, 0.29) is 24.5 Å². The van der Waals surface area contributed by atoms with E-state index < -0.39 is 0 Å². The number of benzene rings is 3. The first-order chi connectivity index (χ1) is 17.6. The molecule has 1 aromatic heterocycles. The molecule has 1 N–H and O–H groups in total. The molecule has 0 fully saturated rings. The van der Waals surface area contributed by atoms with Crippen LogP contribution >= 0.6 is 0 Å². The van der Waals surface area contributed by atoms with Gasteiger partial charge in [0.1, 0.15) is 11.3 Å². The lowest BCUT2D eigenvalue weighted by atomic mass is 10.0. The molecule has 1 aliphatic heterocycles. The number of hydrogen-bond donors (Lipinski definition) is 1. The number of esters is 1. The lowest BCUT2D eigenvalue weighted by Gasteiger charge is -2.11. The summed E-state index contributed by atoms with van der Waals surface area (Å²) in [5.74, 6) is 1.20. The van der Waals surface area contributed by atoms with Crippen molar-refractivity contribution in [1.82, 2.24) is 10.3 Å². The first-order valence-corrected chi connectivity index (χ1v) is 11.2. The third-order valence-corrected chi connectivity index (χ3v) is 5.60. The van der Waals surface area contributed by atoms with Gasteiger partial charge in [-0.05, 0) is 53.1 Å². The van der Waals surface area contributed by atoms with Crippen molar-refractivity contribution in [2.24, 2.45) is 0 Å². The molecule has 8 nitrogen and oxygen atoms in total. The molecule has 3 aromatic carbocycles. The maximum absolute atomic E-state index is 12.9. The van der Waals surface area contributed by atoms with Crippen molar-refractivity contribution in [3.8, 4) is 34.3 Å². The van der Waals surface area contributed by atoms with Crippen molar-refractivity contribution in [1.29, 1.82) is 0 Å². The maximum Gasteiger partial charge on any atom is 0.337 e. The molecule has 0 atom stereocenters. The average Bonchev–Trinajstić information content (AvgIpc) is 3.40. The van der Waals surface area contributed by atoms with Gasteiger partial charge in [0.15, 0.2) is 11.5 Å². The van der Waals surface area contributed by atoms with Gasteiger partial charge in [-0.1, -0.05) is 36.4 Å². The third kappa shape index (κ3) is 4.97. The summed E-state index contributed by atoms with van der Waals surface area (Å²) in [4.78, 5) is 28.9. The number of hydrogen-bond acceptors (Lipinski definition) is 7. The molecule has 0 radical (unpaired) electrons. The van der Waals surface area contributed by atoms with Crippen LogP contribution in [0.2, 0.25) is 0 Å². The SMILES string of the molecule is COC(=O)c1cccc(-c2ccc(CNC(=O)c3cccnc3Oc3ccc4c(c3)OCO4)cc2)c1. The zero-order chi connectivity index (χ0) is 24.9.